The summed E-state index contributed by atoms with van der Waals surface area (Å²) in [6.07, 6.45) is 8.36. The second-order valence-corrected chi connectivity index (χ2v) is 6.69. The number of nitrogens with zero attached hydrogens (tertiary/aromatic N) is 1. The van der Waals surface area contributed by atoms with Crippen LogP contribution in [0.5, 0.6) is 5.75 Å². The van der Waals surface area contributed by atoms with Crippen LogP contribution in [0.1, 0.15) is 51.9 Å². The zero-order valence-electron chi connectivity index (χ0n) is 15.5. The molecule has 0 bridgehead atoms. The minimum atomic E-state index is -0.273. The highest BCUT2D eigenvalue weighted by Crippen LogP contribution is 2.13. The first-order chi connectivity index (χ1) is 12.3. The smallest absolute Gasteiger partial charge is 0.494 e. The van der Waals surface area contributed by atoms with Crippen LogP contribution in [-0.2, 0) is 4.74 Å². The first kappa shape index (κ1) is 19.7. The molecule has 2 N–H and O–H groups in total. The fourth-order valence-corrected chi connectivity index (χ4v) is 3.02. The lowest BCUT2D eigenvalue weighted by atomic mass is 10.1. The SMILES string of the molecule is CCCCCCOc1ccc([NH2+]C(=O)OCCN2CCCCC2)cc1. The third kappa shape index (κ3) is 8.36. The van der Waals surface area contributed by atoms with Crippen LogP contribution in [0, 0.1) is 0 Å². The lowest BCUT2D eigenvalue weighted by Gasteiger charge is -2.25. The molecule has 0 unspecified atom stereocenters. The average molecular weight is 349 g/mol. The normalized spacial score (nSPS) is 15.1. The van der Waals surface area contributed by atoms with Crippen molar-refractivity contribution >= 4 is 11.8 Å². The van der Waals surface area contributed by atoms with E-state index in [9.17, 15) is 4.79 Å². The molecule has 0 aliphatic carbocycles. The predicted molar refractivity (Wildman–Crippen MR) is 99.3 cm³/mol. The second kappa shape index (κ2) is 11.9. The number of rotatable bonds is 10. The molecule has 1 fully saturated rings. The molecule has 5 nitrogen and oxygen atoms in total. The van der Waals surface area contributed by atoms with E-state index in [0.29, 0.717) is 6.61 Å². The quantitative estimate of drug-likeness (QED) is 0.519. The molecule has 1 saturated heterocycles. The maximum absolute atomic E-state index is 11.9. The van der Waals surface area contributed by atoms with Crippen LogP contribution < -0.4 is 10.1 Å². The Bertz CT molecular complexity index is 484. The molecule has 1 aliphatic rings. The number of hydrogen-bond donors (Lipinski definition) is 1. The van der Waals surface area contributed by atoms with E-state index < -0.39 is 0 Å². The van der Waals surface area contributed by atoms with Crippen molar-refractivity contribution in [1.29, 1.82) is 0 Å². The molecule has 0 radical (unpaired) electrons. The van der Waals surface area contributed by atoms with Crippen LogP contribution in [0.3, 0.4) is 0 Å². The van der Waals surface area contributed by atoms with Gasteiger partial charge in [0.1, 0.15) is 18.0 Å². The van der Waals surface area contributed by atoms with Crippen LogP contribution in [0.15, 0.2) is 24.3 Å². The number of ether oxygens (including phenoxy) is 2. The first-order valence-electron chi connectivity index (χ1n) is 9.74. The maximum Gasteiger partial charge on any atom is 0.517 e. The van der Waals surface area contributed by atoms with Gasteiger partial charge in [-0.3, -0.25) is 4.90 Å². The molecule has 25 heavy (non-hydrogen) atoms. The maximum atomic E-state index is 11.9. The van der Waals surface area contributed by atoms with Gasteiger partial charge in [0.2, 0.25) is 0 Å². The number of piperidine rings is 1. The van der Waals surface area contributed by atoms with E-state index in [-0.39, 0.29) is 6.09 Å². The average Bonchev–Trinajstić information content (AvgIpc) is 2.64. The zero-order valence-corrected chi connectivity index (χ0v) is 15.5. The molecule has 0 saturated carbocycles. The molecule has 5 heteroatoms. The molecule has 140 valence electrons. The van der Waals surface area contributed by atoms with Crippen molar-refractivity contribution in [3.63, 3.8) is 0 Å². The van der Waals surface area contributed by atoms with Gasteiger partial charge in [-0.25, -0.2) is 5.32 Å². The van der Waals surface area contributed by atoms with Crippen LogP contribution in [0.4, 0.5) is 10.5 Å². The van der Waals surface area contributed by atoms with E-state index in [1.54, 1.807) is 5.32 Å². The van der Waals surface area contributed by atoms with Gasteiger partial charge in [-0.15, -0.1) is 0 Å². The topological polar surface area (TPSA) is 55.4 Å². The van der Waals surface area contributed by atoms with Crippen LogP contribution >= 0.6 is 0 Å². The highest BCUT2D eigenvalue weighted by Gasteiger charge is 2.13. The van der Waals surface area contributed by atoms with Gasteiger partial charge in [0.05, 0.1) is 6.61 Å². The summed E-state index contributed by atoms with van der Waals surface area (Å²) in [6, 6.07) is 7.61. The molecular formula is C20H33N2O3+. The van der Waals surface area contributed by atoms with Crippen molar-refractivity contribution in [3.8, 4) is 5.75 Å². The molecule has 2 rings (SSSR count). The number of quaternary nitrogens is 1. The third-order valence-electron chi connectivity index (χ3n) is 4.53. The lowest BCUT2D eigenvalue weighted by Crippen LogP contribution is -2.82. The van der Waals surface area contributed by atoms with E-state index in [2.05, 4.69) is 11.8 Å². The number of likely N-dealkylation sites (tertiary alicyclic amines) is 1. The van der Waals surface area contributed by atoms with Gasteiger partial charge < -0.3 is 9.47 Å². The molecule has 1 heterocycles. The van der Waals surface area contributed by atoms with Gasteiger partial charge in [-0.2, -0.15) is 4.79 Å². The number of primary amides is 1. The number of carbonyl (C=O) groups excluding carboxylic acids is 1. The van der Waals surface area contributed by atoms with Gasteiger partial charge >= 0.3 is 6.09 Å². The number of hydrogen-bond acceptors (Lipinski definition) is 4. The van der Waals surface area contributed by atoms with E-state index in [1.165, 1.54) is 38.5 Å². The second-order valence-electron chi connectivity index (χ2n) is 6.69. The Hall–Kier alpha value is -1.59. The fraction of sp³-hybridized carbons (Fsp3) is 0.650. The number of unbranched alkanes of at least 4 members (excludes halogenated alkanes) is 3. The molecule has 0 spiro atoms. The highest BCUT2D eigenvalue weighted by molar-refractivity contribution is 5.59. The minimum absolute atomic E-state index is 0.273. The standard InChI is InChI=1S/C20H32N2O3/c1-2-3-4-8-16-24-19-11-9-18(10-12-19)21-20(23)25-17-15-22-13-6-5-7-14-22/h9-12H,2-8,13-17H2,1H3,(H,21,23)/p+1. The number of carbonyl (C=O) groups is 1. The van der Waals surface area contributed by atoms with Crippen LogP contribution in [-0.4, -0.2) is 43.8 Å². The molecule has 1 aromatic rings. The largest absolute Gasteiger partial charge is 0.517 e. The molecule has 1 aliphatic heterocycles. The first-order valence-corrected chi connectivity index (χ1v) is 9.74. The van der Waals surface area contributed by atoms with E-state index >= 15 is 0 Å². The van der Waals surface area contributed by atoms with Gasteiger partial charge in [-0.05, 0) is 44.5 Å². The summed E-state index contributed by atoms with van der Waals surface area (Å²) in [7, 11) is 0. The van der Waals surface area contributed by atoms with Crippen molar-refractivity contribution in [3.05, 3.63) is 24.3 Å². The van der Waals surface area contributed by atoms with E-state index in [1.807, 2.05) is 24.3 Å². The summed E-state index contributed by atoms with van der Waals surface area (Å²) >= 11 is 0. The third-order valence-corrected chi connectivity index (χ3v) is 4.53. The predicted octanol–water partition coefficient (Wildman–Crippen LogP) is 3.46. The zero-order chi connectivity index (χ0) is 17.7. The Kier molecular flexibility index (Phi) is 9.37. The lowest BCUT2D eigenvalue weighted by molar-refractivity contribution is -0.482. The van der Waals surface area contributed by atoms with Crippen LogP contribution in [0.25, 0.3) is 0 Å². The van der Waals surface area contributed by atoms with E-state index in [4.69, 9.17) is 9.47 Å². The molecule has 0 aromatic heterocycles. The van der Waals surface area contributed by atoms with Crippen LogP contribution in [0.2, 0.25) is 0 Å². The molecule has 1 amide bonds. The monoisotopic (exact) mass is 349 g/mol. The van der Waals surface area contributed by atoms with Crippen molar-refractivity contribution in [2.45, 2.75) is 51.9 Å². The molecule has 0 atom stereocenters. The fourth-order valence-electron chi connectivity index (χ4n) is 3.02. The number of benzene rings is 1. The van der Waals surface area contributed by atoms with Gasteiger partial charge in [0.15, 0.2) is 0 Å². The van der Waals surface area contributed by atoms with Crippen molar-refractivity contribution in [1.82, 2.24) is 4.90 Å². The summed E-state index contributed by atoms with van der Waals surface area (Å²) in [5.41, 5.74) is 0.848. The van der Waals surface area contributed by atoms with Gasteiger partial charge in [0.25, 0.3) is 0 Å². The summed E-state index contributed by atoms with van der Waals surface area (Å²) in [6.45, 7) is 6.51. The Morgan fingerprint density at radius 2 is 1.80 bits per heavy atom. The Balaban J connectivity index is 1.60. The highest BCUT2D eigenvalue weighted by atomic mass is 16.5. The van der Waals surface area contributed by atoms with Crippen molar-refractivity contribution in [2.24, 2.45) is 0 Å². The van der Waals surface area contributed by atoms with Gasteiger partial charge in [0, 0.05) is 18.7 Å². The van der Waals surface area contributed by atoms with Crippen molar-refractivity contribution < 1.29 is 19.6 Å². The summed E-state index contributed by atoms with van der Waals surface area (Å²) in [4.78, 5) is 14.2. The number of nitrogens with two attached hydrogens (primary N) is 1. The Morgan fingerprint density at radius 1 is 1.04 bits per heavy atom. The Labute approximate surface area is 151 Å². The molecular weight excluding hydrogens is 316 g/mol. The molecule has 1 aromatic carbocycles. The summed E-state index contributed by atoms with van der Waals surface area (Å²) in [5.74, 6) is 0.854. The van der Waals surface area contributed by atoms with Gasteiger partial charge in [-0.1, -0.05) is 32.6 Å². The summed E-state index contributed by atoms with van der Waals surface area (Å²) < 4.78 is 11.0. The van der Waals surface area contributed by atoms with Crippen molar-refractivity contribution in [2.75, 3.05) is 32.8 Å². The number of amides is 1. The minimum Gasteiger partial charge on any atom is -0.494 e. The van der Waals surface area contributed by atoms with E-state index in [0.717, 1.165) is 44.1 Å². The summed E-state index contributed by atoms with van der Waals surface area (Å²) in [5, 5.41) is 1.54. The Morgan fingerprint density at radius 3 is 2.52 bits per heavy atom.